The average molecular weight is 250 g/mol. The van der Waals surface area contributed by atoms with E-state index in [1.807, 2.05) is 32.9 Å². The van der Waals surface area contributed by atoms with Crippen molar-refractivity contribution < 1.29 is 9.53 Å². The number of hydrogen-bond donors (Lipinski definition) is 1. The summed E-state index contributed by atoms with van der Waals surface area (Å²) in [6, 6.07) is 5.64. The second kappa shape index (κ2) is 6.40. The van der Waals surface area contributed by atoms with Crippen molar-refractivity contribution in [3.05, 3.63) is 29.3 Å². The summed E-state index contributed by atoms with van der Waals surface area (Å²) in [7, 11) is 1.61. The van der Waals surface area contributed by atoms with Crippen LogP contribution < -0.4 is 10.5 Å². The van der Waals surface area contributed by atoms with Crippen LogP contribution >= 0.6 is 0 Å². The fraction of sp³-hybridized carbons (Fsp3) is 0.500. The highest BCUT2D eigenvalue weighted by atomic mass is 16.5. The third-order valence-corrected chi connectivity index (χ3v) is 2.91. The minimum atomic E-state index is -0.00579. The van der Waals surface area contributed by atoms with Gasteiger partial charge in [-0.1, -0.05) is 6.07 Å². The van der Waals surface area contributed by atoms with Gasteiger partial charge in [-0.15, -0.1) is 0 Å². The van der Waals surface area contributed by atoms with E-state index in [-0.39, 0.29) is 11.9 Å². The molecule has 0 atom stereocenters. The summed E-state index contributed by atoms with van der Waals surface area (Å²) in [4.78, 5) is 14.1. The van der Waals surface area contributed by atoms with E-state index in [1.54, 1.807) is 18.1 Å². The lowest BCUT2D eigenvalue weighted by molar-refractivity contribution is 0.0711. The van der Waals surface area contributed by atoms with Crippen LogP contribution in [-0.4, -0.2) is 37.0 Å². The number of carbonyl (C=O) groups excluding carboxylic acids is 1. The molecule has 1 aromatic carbocycles. The fourth-order valence-electron chi connectivity index (χ4n) is 1.85. The summed E-state index contributed by atoms with van der Waals surface area (Å²) in [5, 5.41) is 0. The highest BCUT2D eigenvalue weighted by Gasteiger charge is 2.18. The largest absolute Gasteiger partial charge is 0.496 e. The molecule has 0 spiro atoms. The molecule has 4 heteroatoms. The Balaban J connectivity index is 3.01. The molecule has 4 nitrogen and oxygen atoms in total. The van der Waals surface area contributed by atoms with Crippen molar-refractivity contribution in [1.82, 2.24) is 4.90 Å². The number of benzene rings is 1. The Morgan fingerprint density at radius 1 is 1.44 bits per heavy atom. The maximum atomic E-state index is 12.4. The van der Waals surface area contributed by atoms with E-state index in [9.17, 15) is 4.79 Å². The molecule has 0 fully saturated rings. The normalized spacial score (nSPS) is 10.6. The molecule has 0 saturated heterocycles. The summed E-state index contributed by atoms with van der Waals surface area (Å²) in [5.74, 6) is 0.728. The zero-order valence-electron chi connectivity index (χ0n) is 11.6. The van der Waals surface area contributed by atoms with Crippen molar-refractivity contribution in [3.8, 4) is 5.75 Å². The second-order valence-electron chi connectivity index (χ2n) is 4.57. The zero-order chi connectivity index (χ0) is 13.7. The van der Waals surface area contributed by atoms with E-state index in [0.29, 0.717) is 18.7 Å². The van der Waals surface area contributed by atoms with Gasteiger partial charge in [-0.2, -0.15) is 0 Å². The summed E-state index contributed by atoms with van der Waals surface area (Å²) in [6.45, 7) is 6.95. The van der Waals surface area contributed by atoms with Gasteiger partial charge in [-0.3, -0.25) is 4.79 Å². The molecule has 0 unspecified atom stereocenters. The molecule has 0 aliphatic heterocycles. The number of methoxy groups -OCH3 is 1. The van der Waals surface area contributed by atoms with Gasteiger partial charge in [-0.05, 0) is 38.5 Å². The van der Waals surface area contributed by atoms with Gasteiger partial charge in [-0.25, -0.2) is 0 Å². The van der Waals surface area contributed by atoms with Crippen LogP contribution in [0.1, 0.15) is 29.8 Å². The van der Waals surface area contributed by atoms with Crippen molar-refractivity contribution in [1.29, 1.82) is 0 Å². The first-order valence-electron chi connectivity index (χ1n) is 6.17. The first-order chi connectivity index (χ1) is 8.51. The van der Waals surface area contributed by atoms with Gasteiger partial charge in [0.05, 0.1) is 7.11 Å². The maximum absolute atomic E-state index is 12.4. The number of nitrogens with two attached hydrogens (primary N) is 1. The topological polar surface area (TPSA) is 55.6 Å². The van der Waals surface area contributed by atoms with Gasteiger partial charge >= 0.3 is 0 Å². The van der Waals surface area contributed by atoms with Crippen molar-refractivity contribution >= 4 is 5.91 Å². The highest BCUT2D eigenvalue weighted by molar-refractivity contribution is 5.95. The Labute approximate surface area is 109 Å². The lowest BCUT2D eigenvalue weighted by Crippen LogP contribution is -2.40. The number of ether oxygens (including phenoxy) is 1. The van der Waals surface area contributed by atoms with E-state index in [1.165, 1.54) is 0 Å². The number of hydrogen-bond acceptors (Lipinski definition) is 3. The van der Waals surface area contributed by atoms with Gasteiger partial charge < -0.3 is 15.4 Å². The Kier molecular flexibility index (Phi) is 5.16. The number of carbonyl (C=O) groups is 1. The summed E-state index contributed by atoms with van der Waals surface area (Å²) in [5.41, 5.74) is 7.20. The third kappa shape index (κ3) is 3.23. The van der Waals surface area contributed by atoms with Crippen molar-refractivity contribution in [3.63, 3.8) is 0 Å². The maximum Gasteiger partial charge on any atom is 0.254 e. The quantitative estimate of drug-likeness (QED) is 0.867. The molecule has 2 N–H and O–H groups in total. The molecular weight excluding hydrogens is 228 g/mol. The lowest BCUT2D eigenvalue weighted by Gasteiger charge is -2.26. The van der Waals surface area contributed by atoms with Gasteiger partial charge in [0.15, 0.2) is 0 Å². The van der Waals surface area contributed by atoms with E-state index < -0.39 is 0 Å². The zero-order valence-corrected chi connectivity index (χ0v) is 11.6. The van der Waals surface area contributed by atoms with Crippen molar-refractivity contribution in [2.24, 2.45) is 5.73 Å². The van der Waals surface area contributed by atoms with Crippen LogP contribution in [0.2, 0.25) is 0 Å². The Hall–Kier alpha value is -1.55. The summed E-state index contributed by atoms with van der Waals surface area (Å²) < 4.78 is 5.24. The van der Waals surface area contributed by atoms with Gasteiger partial charge in [0.2, 0.25) is 0 Å². The Morgan fingerprint density at radius 2 is 2.11 bits per heavy atom. The monoisotopic (exact) mass is 250 g/mol. The smallest absolute Gasteiger partial charge is 0.254 e. The number of aryl methyl sites for hydroxylation is 1. The predicted molar refractivity (Wildman–Crippen MR) is 73.0 cm³/mol. The molecule has 0 aromatic heterocycles. The Bertz CT molecular complexity index is 416. The van der Waals surface area contributed by atoms with Crippen LogP contribution in [-0.2, 0) is 0 Å². The minimum Gasteiger partial charge on any atom is -0.496 e. The Morgan fingerprint density at radius 3 is 2.61 bits per heavy atom. The van der Waals surface area contributed by atoms with E-state index in [2.05, 4.69) is 0 Å². The number of nitrogens with zero attached hydrogens (tertiary/aromatic N) is 1. The molecule has 1 aromatic rings. The molecule has 0 heterocycles. The highest BCUT2D eigenvalue weighted by Crippen LogP contribution is 2.20. The molecular formula is C14H22N2O2. The molecule has 0 saturated carbocycles. The van der Waals surface area contributed by atoms with Crippen molar-refractivity contribution in [2.45, 2.75) is 26.8 Å². The second-order valence-corrected chi connectivity index (χ2v) is 4.57. The fourth-order valence-corrected chi connectivity index (χ4v) is 1.85. The molecule has 0 aliphatic rings. The molecule has 1 amide bonds. The van der Waals surface area contributed by atoms with E-state index in [4.69, 9.17) is 10.5 Å². The first-order valence-corrected chi connectivity index (χ1v) is 6.17. The van der Waals surface area contributed by atoms with E-state index in [0.717, 1.165) is 11.3 Å². The first kappa shape index (κ1) is 14.5. The molecule has 18 heavy (non-hydrogen) atoms. The molecule has 0 aliphatic carbocycles. The van der Waals surface area contributed by atoms with Gasteiger partial charge in [0.25, 0.3) is 5.91 Å². The van der Waals surface area contributed by atoms with E-state index >= 15 is 0 Å². The van der Waals surface area contributed by atoms with Crippen molar-refractivity contribution in [2.75, 3.05) is 20.2 Å². The summed E-state index contributed by atoms with van der Waals surface area (Å²) in [6.07, 6.45) is 0. The average Bonchev–Trinajstić information content (AvgIpc) is 2.35. The van der Waals surface area contributed by atoms with Crippen LogP contribution in [0.15, 0.2) is 18.2 Å². The minimum absolute atomic E-state index is 0.00579. The molecule has 0 bridgehead atoms. The molecule has 1 rings (SSSR count). The van der Waals surface area contributed by atoms with Crippen LogP contribution in [0.3, 0.4) is 0 Å². The molecule has 100 valence electrons. The van der Waals surface area contributed by atoms with Crippen LogP contribution in [0, 0.1) is 6.92 Å². The molecule has 0 radical (unpaired) electrons. The standard InChI is InChI=1S/C14H22N2O2/c1-10(2)16(8-7-15)14(17)12-6-5-11(3)13(9-12)18-4/h5-6,9-10H,7-8,15H2,1-4H3. The third-order valence-electron chi connectivity index (χ3n) is 2.91. The lowest BCUT2D eigenvalue weighted by atomic mass is 10.1. The SMILES string of the molecule is COc1cc(C(=O)N(CCN)C(C)C)ccc1C. The van der Waals surface area contributed by atoms with Crippen LogP contribution in [0.25, 0.3) is 0 Å². The van der Waals surface area contributed by atoms with Crippen LogP contribution in [0.5, 0.6) is 5.75 Å². The number of amides is 1. The van der Waals surface area contributed by atoms with Gasteiger partial charge in [0.1, 0.15) is 5.75 Å². The van der Waals surface area contributed by atoms with Crippen LogP contribution in [0.4, 0.5) is 0 Å². The number of rotatable bonds is 5. The van der Waals surface area contributed by atoms with Gasteiger partial charge in [0, 0.05) is 24.7 Å². The summed E-state index contributed by atoms with van der Waals surface area (Å²) >= 11 is 0. The predicted octanol–water partition coefficient (Wildman–Crippen LogP) is 1.81.